The fourth-order valence-corrected chi connectivity index (χ4v) is 5.72. The van der Waals surface area contributed by atoms with Crippen molar-refractivity contribution in [3.63, 3.8) is 0 Å². The van der Waals surface area contributed by atoms with E-state index in [0.29, 0.717) is 5.56 Å². The summed E-state index contributed by atoms with van der Waals surface area (Å²) in [7, 11) is 0. The molecule has 0 spiro atoms. The number of aromatic hydroxyl groups is 5. The third kappa shape index (κ3) is 4.96. The molecule has 46 heavy (non-hydrogen) atoms. The Balaban J connectivity index is 1.17. The molecule has 0 atom stereocenters. The SMILES string of the molecule is Oc1c(O)c(O)c(-c2ccc(-c3ccc(-c4ccc(N(c5ccccc5)c5cccc6ccccc56)cn4)cc3)cc2)c(O)c1O. The number of phenolic OH excluding ortho intramolecular Hbond substituents is 5. The third-order valence-corrected chi connectivity index (χ3v) is 8.09. The van der Waals surface area contributed by atoms with Crippen molar-refractivity contribution < 1.29 is 25.5 Å². The third-order valence-electron chi connectivity index (χ3n) is 8.09. The lowest BCUT2D eigenvalue weighted by atomic mass is 9.97. The second kappa shape index (κ2) is 11.6. The molecule has 7 aromatic rings. The van der Waals surface area contributed by atoms with E-state index in [1.807, 2.05) is 60.8 Å². The van der Waals surface area contributed by atoms with Gasteiger partial charge >= 0.3 is 0 Å². The van der Waals surface area contributed by atoms with Gasteiger partial charge in [-0.25, -0.2) is 0 Å². The van der Waals surface area contributed by atoms with Gasteiger partial charge in [-0.3, -0.25) is 4.98 Å². The standard InChI is InChI=1S/C39H28N2O5/c42-35-34(36(43)38(45)39(46)37(35)44)28-19-15-25(16-20-28)24-13-17-27(18-14-24)32-22-21-30(23-40-32)41(29-9-2-1-3-10-29)33-12-6-8-26-7-4-5-11-31(26)33/h1-23,42-46H. The number of para-hydroxylation sites is 1. The predicted molar refractivity (Wildman–Crippen MR) is 181 cm³/mol. The van der Waals surface area contributed by atoms with Gasteiger partial charge in [0.05, 0.1) is 28.8 Å². The van der Waals surface area contributed by atoms with Crippen LogP contribution in [-0.4, -0.2) is 30.5 Å². The van der Waals surface area contributed by atoms with Crippen LogP contribution in [0.25, 0.3) is 44.3 Å². The van der Waals surface area contributed by atoms with Crippen molar-refractivity contribution in [3.05, 3.63) is 140 Å². The van der Waals surface area contributed by atoms with Gasteiger partial charge in [0, 0.05) is 16.6 Å². The molecule has 6 aromatic carbocycles. The van der Waals surface area contributed by atoms with Crippen molar-refractivity contribution in [2.45, 2.75) is 0 Å². The zero-order valence-electron chi connectivity index (χ0n) is 24.4. The van der Waals surface area contributed by atoms with Crippen LogP contribution in [-0.2, 0) is 0 Å². The molecule has 0 radical (unpaired) electrons. The van der Waals surface area contributed by atoms with Crippen LogP contribution < -0.4 is 4.90 Å². The average Bonchev–Trinajstić information content (AvgIpc) is 3.11. The molecule has 7 rings (SSSR count). The van der Waals surface area contributed by atoms with Gasteiger partial charge in [-0.1, -0.05) is 103 Å². The van der Waals surface area contributed by atoms with Crippen LogP contribution in [0, 0.1) is 0 Å². The van der Waals surface area contributed by atoms with Crippen molar-refractivity contribution in [1.82, 2.24) is 4.98 Å². The van der Waals surface area contributed by atoms with E-state index in [-0.39, 0.29) is 5.56 Å². The molecule has 0 aliphatic rings. The van der Waals surface area contributed by atoms with Crippen molar-refractivity contribution in [1.29, 1.82) is 0 Å². The summed E-state index contributed by atoms with van der Waals surface area (Å²) in [4.78, 5) is 7.05. The summed E-state index contributed by atoms with van der Waals surface area (Å²) in [6.07, 6.45) is 1.89. The Morgan fingerprint density at radius 3 is 1.59 bits per heavy atom. The van der Waals surface area contributed by atoms with Crippen molar-refractivity contribution in [3.8, 4) is 62.3 Å². The summed E-state index contributed by atoms with van der Waals surface area (Å²) in [5.74, 6) is -4.27. The molecule has 7 nitrogen and oxygen atoms in total. The first-order valence-corrected chi connectivity index (χ1v) is 14.6. The lowest BCUT2D eigenvalue weighted by molar-refractivity contribution is 0.330. The molecule has 0 saturated carbocycles. The van der Waals surface area contributed by atoms with Crippen LogP contribution in [0.1, 0.15) is 0 Å². The van der Waals surface area contributed by atoms with Gasteiger partial charge < -0.3 is 30.4 Å². The maximum atomic E-state index is 10.3. The molecule has 0 fully saturated rings. The number of anilines is 3. The van der Waals surface area contributed by atoms with Gasteiger partial charge in [0.25, 0.3) is 0 Å². The highest BCUT2D eigenvalue weighted by Crippen LogP contribution is 2.54. The average molecular weight is 605 g/mol. The maximum Gasteiger partial charge on any atom is 0.208 e. The molecule has 0 aliphatic heterocycles. The van der Waals surface area contributed by atoms with Gasteiger partial charge in [-0.05, 0) is 52.4 Å². The van der Waals surface area contributed by atoms with Crippen LogP contribution in [0.3, 0.4) is 0 Å². The molecule has 7 heteroatoms. The normalized spacial score (nSPS) is 11.0. The van der Waals surface area contributed by atoms with E-state index < -0.39 is 28.7 Å². The van der Waals surface area contributed by atoms with Crippen molar-refractivity contribution >= 4 is 27.8 Å². The van der Waals surface area contributed by atoms with Crippen LogP contribution in [0.2, 0.25) is 0 Å². The number of aromatic nitrogens is 1. The van der Waals surface area contributed by atoms with Crippen molar-refractivity contribution in [2.24, 2.45) is 0 Å². The molecular formula is C39H28N2O5. The molecule has 224 valence electrons. The minimum atomic E-state index is -0.988. The van der Waals surface area contributed by atoms with Crippen LogP contribution in [0.4, 0.5) is 17.1 Å². The van der Waals surface area contributed by atoms with Gasteiger partial charge in [-0.2, -0.15) is 0 Å². The number of hydrogen-bond donors (Lipinski definition) is 5. The van der Waals surface area contributed by atoms with E-state index in [9.17, 15) is 25.5 Å². The second-order valence-electron chi connectivity index (χ2n) is 10.8. The molecule has 1 heterocycles. The molecule has 5 N–H and O–H groups in total. The lowest BCUT2D eigenvalue weighted by Crippen LogP contribution is -2.10. The van der Waals surface area contributed by atoms with Crippen LogP contribution in [0.15, 0.2) is 140 Å². The summed E-state index contributed by atoms with van der Waals surface area (Å²) in [5, 5.41) is 52.4. The Hall–Kier alpha value is -6.47. The van der Waals surface area contributed by atoms with E-state index in [2.05, 4.69) is 59.5 Å². The van der Waals surface area contributed by atoms with E-state index in [1.165, 1.54) is 0 Å². The van der Waals surface area contributed by atoms with E-state index in [0.717, 1.165) is 50.2 Å². The Morgan fingerprint density at radius 1 is 0.413 bits per heavy atom. The number of rotatable bonds is 6. The quantitative estimate of drug-likeness (QED) is 0.0949. The Labute approximate surface area is 264 Å². The largest absolute Gasteiger partial charge is 0.504 e. The second-order valence-corrected chi connectivity index (χ2v) is 10.8. The fraction of sp³-hybridized carbons (Fsp3) is 0. The van der Waals surface area contributed by atoms with E-state index in [1.54, 1.807) is 24.3 Å². The highest BCUT2D eigenvalue weighted by atomic mass is 16.4. The summed E-state index contributed by atoms with van der Waals surface area (Å²) < 4.78 is 0. The highest BCUT2D eigenvalue weighted by Gasteiger charge is 2.24. The minimum absolute atomic E-state index is 0.185. The number of nitrogens with zero attached hydrogens (tertiary/aromatic N) is 2. The first-order chi connectivity index (χ1) is 22.4. The zero-order chi connectivity index (χ0) is 31.8. The molecular weight excluding hydrogens is 576 g/mol. The number of benzene rings is 6. The molecule has 0 saturated heterocycles. The van der Waals surface area contributed by atoms with Gasteiger partial charge in [0.2, 0.25) is 17.2 Å². The summed E-state index contributed by atoms with van der Waals surface area (Å²) in [6, 6.07) is 43.8. The van der Waals surface area contributed by atoms with Crippen molar-refractivity contribution in [2.75, 3.05) is 4.90 Å². The number of phenols is 5. The monoisotopic (exact) mass is 604 g/mol. The molecule has 0 unspecified atom stereocenters. The molecule has 0 aliphatic carbocycles. The Morgan fingerprint density at radius 2 is 0.957 bits per heavy atom. The number of hydrogen-bond acceptors (Lipinski definition) is 7. The lowest BCUT2D eigenvalue weighted by Gasteiger charge is -2.26. The smallest absolute Gasteiger partial charge is 0.208 e. The van der Waals surface area contributed by atoms with Gasteiger partial charge in [0.15, 0.2) is 11.5 Å². The minimum Gasteiger partial charge on any atom is -0.504 e. The first kappa shape index (κ1) is 28.3. The maximum absolute atomic E-state index is 10.3. The molecule has 0 bridgehead atoms. The molecule has 0 amide bonds. The fourth-order valence-electron chi connectivity index (χ4n) is 5.72. The summed E-state index contributed by atoms with van der Waals surface area (Å²) in [5.41, 5.74) is 6.79. The van der Waals surface area contributed by atoms with Gasteiger partial charge in [0.1, 0.15) is 0 Å². The summed E-state index contributed by atoms with van der Waals surface area (Å²) in [6.45, 7) is 0. The summed E-state index contributed by atoms with van der Waals surface area (Å²) >= 11 is 0. The molecule has 1 aromatic heterocycles. The number of pyridine rings is 1. The number of fused-ring (bicyclic) bond motifs is 1. The zero-order valence-corrected chi connectivity index (χ0v) is 24.4. The van der Waals surface area contributed by atoms with E-state index >= 15 is 0 Å². The van der Waals surface area contributed by atoms with Crippen LogP contribution >= 0.6 is 0 Å². The van der Waals surface area contributed by atoms with Crippen LogP contribution in [0.5, 0.6) is 28.7 Å². The predicted octanol–water partition coefficient (Wildman–Crippen LogP) is 9.23. The highest BCUT2D eigenvalue weighted by molar-refractivity contribution is 5.98. The van der Waals surface area contributed by atoms with E-state index in [4.69, 9.17) is 4.98 Å². The Kier molecular flexibility index (Phi) is 7.11. The Bertz CT molecular complexity index is 2150. The van der Waals surface area contributed by atoms with Gasteiger partial charge in [-0.15, -0.1) is 0 Å². The first-order valence-electron chi connectivity index (χ1n) is 14.6. The topological polar surface area (TPSA) is 117 Å².